The molecule has 0 radical (unpaired) electrons. The van der Waals surface area contributed by atoms with E-state index >= 15 is 0 Å². The lowest BCUT2D eigenvalue weighted by atomic mass is 10.0. The fourth-order valence-corrected chi connectivity index (χ4v) is 3.80. The molecule has 0 aliphatic heterocycles. The van der Waals surface area contributed by atoms with E-state index in [1.54, 1.807) is 31.4 Å². The van der Waals surface area contributed by atoms with Gasteiger partial charge in [-0.15, -0.1) is 0 Å². The maximum atomic E-state index is 12.9. The summed E-state index contributed by atoms with van der Waals surface area (Å²) in [7, 11) is 1.60. The zero-order valence-electron chi connectivity index (χ0n) is 21.0. The van der Waals surface area contributed by atoms with Crippen molar-refractivity contribution in [3.8, 4) is 5.75 Å². The van der Waals surface area contributed by atoms with E-state index in [1.807, 2.05) is 23.7 Å². The topological polar surface area (TPSA) is 80.5 Å². The maximum Gasteiger partial charge on any atom is 0.257 e. The molecular formula is C27H35N5O2. The molecule has 0 saturated heterocycles. The lowest BCUT2D eigenvalue weighted by Crippen LogP contribution is -2.36. The SMILES string of the molecule is CCn1nc(C)c(CCN=C(NC(=O)c2ccc(OC)cc2)Nc2ccc(C(C)C)cc2)c1C. The number of aliphatic imine (C=N–C) groups is 1. The average molecular weight is 462 g/mol. The Bertz CT molecular complexity index is 1130. The number of carbonyl (C=O) groups is 1. The predicted molar refractivity (Wildman–Crippen MR) is 138 cm³/mol. The van der Waals surface area contributed by atoms with E-state index in [0.29, 0.717) is 29.7 Å². The van der Waals surface area contributed by atoms with Gasteiger partial charge in [0.15, 0.2) is 0 Å². The van der Waals surface area contributed by atoms with E-state index < -0.39 is 0 Å². The highest BCUT2D eigenvalue weighted by Crippen LogP contribution is 2.18. The Balaban J connectivity index is 1.78. The first kappa shape index (κ1) is 25.0. The molecule has 0 unspecified atom stereocenters. The number of ether oxygens (including phenoxy) is 1. The van der Waals surface area contributed by atoms with Crippen LogP contribution >= 0.6 is 0 Å². The van der Waals surface area contributed by atoms with Crippen molar-refractivity contribution in [3.05, 3.63) is 76.6 Å². The van der Waals surface area contributed by atoms with Gasteiger partial charge in [0.2, 0.25) is 5.96 Å². The summed E-state index contributed by atoms with van der Waals surface area (Å²) in [5.74, 6) is 1.33. The van der Waals surface area contributed by atoms with Gasteiger partial charge in [0, 0.05) is 30.0 Å². The van der Waals surface area contributed by atoms with Gasteiger partial charge < -0.3 is 10.1 Å². The Morgan fingerprint density at radius 1 is 1.09 bits per heavy atom. The molecule has 1 heterocycles. The lowest BCUT2D eigenvalue weighted by Gasteiger charge is -2.13. The van der Waals surface area contributed by atoms with Gasteiger partial charge in [-0.05, 0) is 80.6 Å². The Kier molecular flexibility index (Phi) is 8.46. The highest BCUT2D eigenvalue weighted by Gasteiger charge is 2.12. The molecule has 3 rings (SSSR count). The lowest BCUT2D eigenvalue weighted by molar-refractivity contribution is 0.0977. The van der Waals surface area contributed by atoms with E-state index in [-0.39, 0.29) is 5.91 Å². The van der Waals surface area contributed by atoms with Crippen molar-refractivity contribution in [2.24, 2.45) is 4.99 Å². The second-order valence-corrected chi connectivity index (χ2v) is 8.53. The number of aryl methyl sites for hydroxylation is 2. The van der Waals surface area contributed by atoms with E-state index in [4.69, 9.17) is 9.73 Å². The molecule has 0 aliphatic carbocycles. The van der Waals surface area contributed by atoms with Crippen LogP contribution in [0.25, 0.3) is 0 Å². The van der Waals surface area contributed by atoms with Crippen LogP contribution in [0.5, 0.6) is 5.75 Å². The third-order valence-electron chi connectivity index (χ3n) is 5.89. The molecule has 0 aliphatic rings. The monoisotopic (exact) mass is 461 g/mol. The van der Waals surface area contributed by atoms with Crippen molar-refractivity contribution >= 4 is 17.6 Å². The summed E-state index contributed by atoms with van der Waals surface area (Å²) in [6.45, 7) is 11.9. The molecule has 7 heteroatoms. The van der Waals surface area contributed by atoms with Gasteiger partial charge >= 0.3 is 0 Å². The number of carbonyl (C=O) groups excluding carboxylic acids is 1. The van der Waals surface area contributed by atoms with Crippen LogP contribution in [0, 0.1) is 13.8 Å². The number of nitrogens with one attached hydrogen (secondary N) is 2. The summed E-state index contributed by atoms with van der Waals surface area (Å²) in [6.07, 6.45) is 0.744. The minimum absolute atomic E-state index is 0.237. The van der Waals surface area contributed by atoms with Crippen LogP contribution in [-0.4, -0.2) is 35.3 Å². The van der Waals surface area contributed by atoms with Gasteiger partial charge in [-0.1, -0.05) is 26.0 Å². The van der Waals surface area contributed by atoms with Crippen LogP contribution in [0.3, 0.4) is 0 Å². The number of aromatic nitrogens is 2. The minimum atomic E-state index is -0.237. The Morgan fingerprint density at radius 2 is 1.76 bits per heavy atom. The Hall–Kier alpha value is -3.61. The molecule has 2 aromatic carbocycles. The summed E-state index contributed by atoms with van der Waals surface area (Å²) < 4.78 is 7.19. The van der Waals surface area contributed by atoms with Gasteiger partial charge in [-0.25, -0.2) is 0 Å². The molecule has 0 spiro atoms. The molecule has 180 valence electrons. The molecule has 0 atom stereocenters. The molecule has 7 nitrogen and oxygen atoms in total. The number of benzene rings is 2. The largest absolute Gasteiger partial charge is 0.497 e. The first-order valence-corrected chi connectivity index (χ1v) is 11.7. The Morgan fingerprint density at radius 3 is 2.32 bits per heavy atom. The normalized spacial score (nSPS) is 11.6. The van der Waals surface area contributed by atoms with Gasteiger partial charge in [0.05, 0.1) is 12.8 Å². The summed E-state index contributed by atoms with van der Waals surface area (Å²) in [6, 6.07) is 15.2. The van der Waals surface area contributed by atoms with E-state index in [1.165, 1.54) is 11.1 Å². The van der Waals surface area contributed by atoms with Gasteiger partial charge in [0.1, 0.15) is 5.75 Å². The van der Waals surface area contributed by atoms with Crippen molar-refractivity contribution in [1.82, 2.24) is 15.1 Å². The summed E-state index contributed by atoms with van der Waals surface area (Å²) in [5.41, 5.74) is 6.04. The molecular weight excluding hydrogens is 426 g/mol. The fraction of sp³-hybridized carbons (Fsp3) is 0.370. The first-order chi connectivity index (χ1) is 16.3. The van der Waals surface area contributed by atoms with Crippen LogP contribution in [0.4, 0.5) is 5.69 Å². The van der Waals surface area contributed by atoms with Gasteiger partial charge in [-0.2, -0.15) is 5.10 Å². The number of rotatable bonds is 8. The van der Waals surface area contributed by atoms with Crippen LogP contribution in [-0.2, 0) is 13.0 Å². The van der Waals surface area contributed by atoms with Crippen molar-refractivity contribution in [1.29, 1.82) is 0 Å². The van der Waals surface area contributed by atoms with E-state index in [0.717, 1.165) is 30.0 Å². The molecule has 0 saturated carbocycles. The molecule has 1 aromatic heterocycles. The second kappa shape index (κ2) is 11.5. The number of amides is 1. The van der Waals surface area contributed by atoms with Crippen molar-refractivity contribution in [3.63, 3.8) is 0 Å². The molecule has 0 fully saturated rings. The summed E-state index contributed by atoms with van der Waals surface area (Å²) in [5, 5.41) is 10.8. The van der Waals surface area contributed by atoms with Crippen LogP contribution < -0.4 is 15.4 Å². The quantitative estimate of drug-likeness (QED) is 0.362. The Labute approximate surface area is 202 Å². The smallest absolute Gasteiger partial charge is 0.257 e. The van der Waals surface area contributed by atoms with Crippen LogP contribution in [0.1, 0.15) is 59.6 Å². The van der Waals surface area contributed by atoms with E-state index in [9.17, 15) is 4.79 Å². The number of hydrogen-bond acceptors (Lipinski definition) is 4. The van der Waals surface area contributed by atoms with Crippen LogP contribution in [0.2, 0.25) is 0 Å². The molecule has 0 bridgehead atoms. The maximum absolute atomic E-state index is 12.9. The number of methoxy groups -OCH3 is 1. The van der Waals surface area contributed by atoms with Crippen molar-refractivity contribution in [2.75, 3.05) is 19.0 Å². The third-order valence-corrected chi connectivity index (χ3v) is 5.89. The standard InChI is InChI=1S/C27H35N5O2/c1-7-32-20(5)25(19(4)31-32)16-17-28-27(29-23-12-8-21(9-13-23)18(2)3)30-26(33)22-10-14-24(34-6)15-11-22/h8-15,18H,7,16-17H2,1-6H3,(H2,28,29,30,33). The summed E-state index contributed by atoms with van der Waals surface area (Å²) in [4.78, 5) is 17.6. The third kappa shape index (κ3) is 6.25. The van der Waals surface area contributed by atoms with Crippen LogP contribution in [0.15, 0.2) is 53.5 Å². The highest BCUT2D eigenvalue weighted by atomic mass is 16.5. The molecule has 1 amide bonds. The number of nitrogens with zero attached hydrogens (tertiary/aromatic N) is 3. The van der Waals surface area contributed by atoms with E-state index in [2.05, 4.69) is 55.6 Å². The fourth-order valence-electron chi connectivity index (χ4n) is 3.80. The number of hydrogen-bond donors (Lipinski definition) is 2. The number of guanidine groups is 1. The molecule has 3 aromatic rings. The molecule has 2 N–H and O–H groups in total. The van der Waals surface area contributed by atoms with Crippen molar-refractivity contribution < 1.29 is 9.53 Å². The van der Waals surface area contributed by atoms with Crippen molar-refractivity contribution in [2.45, 2.75) is 53.5 Å². The molecule has 34 heavy (non-hydrogen) atoms. The first-order valence-electron chi connectivity index (χ1n) is 11.7. The zero-order chi connectivity index (χ0) is 24.7. The van der Waals surface area contributed by atoms with Gasteiger partial charge in [0.25, 0.3) is 5.91 Å². The zero-order valence-corrected chi connectivity index (χ0v) is 21.0. The predicted octanol–water partition coefficient (Wildman–Crippen LogP) is 5.09. The van der Waals surface area contributed by atoms with Gasteiger partial charge in [-0.3, -0.25) is 19.8 Å². The number of anilines is 1. The minimum Gasteiger partial charge on any atom is -0.497 e. The highest BCUT2D eigenvalue weighted by molar-refractivity contribution is 6.10. The second-order valence-electron chi connectivity index (χ2n) is 8.53. The average Bonchev–Trinajstić information content (AvgIpc) is 3.12. The summed E-state index contributed by atoms with van der Waals surface area (Å²) >= 11 is 0.